The molecule has 112 valence electrons. The van der Waals surface area contributed by atoms with Crippen LogP contribution in [-0.2, 0) is 19.6 Å². The number of piperazine rings is 1. The lowest BCUT2D eigenvalue weighted by molar-refractivity contribution is -0.136. The fourth-order valence-electron chi connectivity index (χ4n) is 2.06. The maximum Gasteiger partial charge on any atom is 0.260 e. The SMILES string of the molecule is COCC(=O)N1CCN(S(=O)(=O)c2cnc(C)[nH]2)CC1. The molecule has 0 aliphatic carbocycles. The molecule has 2 rings (SSSR count). The van der Waals surface area contributed by atoms with E-state index in [0.717, 1.165) is 0 Å². The van der Waals surface area contributed by atoms with E-state index in [-0.39, 0.29) is 30.6 Å². The summed E-state index contributed by atoms with van der Waals surface area (Å²) in [4.78, 5) is 19.9. The Morgan fingerprint density at radius 1 is 1.40 bits per heavy atom. The normalized spacial score (nSPS) is 17.4. The Hall–Kier alpha value is -1.45. The van der Waals surface area contributed by atoms with E-state index < -0.39 is 10.0 Å². The van der Waals surface area contributed by atoms with Crippen molar-refractivity contribution in [2.75, 3.05) is 39.9 Å². The number of carbonyl (C=O) groups excluding carboxylic acids is 1. The first-order chi connectivity index (χ1) is 9.45. The molecule has 0 radical (unpaired) electrons. The van der Waals surface area contributed by atoms with E-state index in [0.29, 0.717) is 18.9 Å². The van der Waals surface area contributed by atoms with Gasteiger partial charge in [-0.25, -0.2) is 13.4 Å². The van der Waals surface area contributed by atoms with Gasteiger partial charge in [0.05, 0.1) is 6.20 Å². The van der Waals surface area contributed by atoms with Crippen LogP contribution in [0, 0.1) is 6.92 Å². The zero-order valence-electron chi connectivity index (χ0n) is 11.5. The monoisotopic (exact) mass is 302 g/mol. The molecule has 0 saturated carbocycles. The van der Waals surface area contributed by atoms with Gasteiger partial charge in [0.2, 0.25) is 5.91 Å². The molecular weight excluding hydrogens is 284 g/mol. The van der Waals surface area contributed by atoms with Crippen molar-refractivity contribution in [3.05, 3.63) is 12.0 Å². The van der Waals surface area contributed by atoms with Gasteiger partial charge < -0.3 is 14.6 Å². The van der Waals surface area contributed by atoms with Crippen LogP contribution in [0.1, 0.15) is 5.82 Å². The molecule has 20 heavy (non-hydrogen) atoms. The fraction of sp³-hybridized carbons (Fsp3) is 0.636. The molecule has 1 aromatic heterocycles. The summed E-state index contributed by atoms with van der Waals surface area (Å²) < 4.78 is 30.8. The average molecular weight is 302 g/mol. The Balaban J connectivity index is 2.02. The van der Waals surface area contributed by atoms with Crippen LogP contribution in [0.3, 0.4) is 0 Å². The highest BCUT2D eigenvalue weighted by Gasteiger charge is 2.31. The smallest absolute Gasteiger partial charge is 0.260 e. The van der Waals surface area contributed by atoms with Gasteiger partial charge in [0, 0.05) is 33.3 Å². The van der Waals surface area contributed by atoms with Crippen molar-refractivity contribution in [1.29, 1.82) is 0 Å². The van der Waals surface area contributed by atoms with Gasteiger partial charge in [-0.05, 0) is 6.92 Å². The third-order valence-corrected chi connectivity index (χ3v) is 4.96. The van der Waals surface area contributed by atoms with Gasteiger partial charge >= 0.3 is 0 Å². The maximum atomic E-state index is 12.3. The number of hydrogen-bond acceptors (Lipinski definition) is 5. The highest BCUT2D eigenvalue weighted by atomic mass is 32.2. The Morgan fingerprint density at radius 2 is 2.05 bits per heavy atom. The number of hydrogen-bond donors (Lipinski definition) is 1. The van der Waals surface area contributed by atoms with Crippen molar-refractivity contribution in [3.63, 3.8) is 0 Å². The van der Waals surface area contributed by atoms with E-state index in [1.807, 2.05) is 0 Å². The molecule has 1 N–H and O–H groups in total. The van der Waals surface area contributed by atoms with Crippen molar-refractivity contribution in [2.45, 2.75) is 11.9 Å². The molecule has 0 atom stereocenters. The Labute approximate surface area is 117 Å². The maximum absolute atomic E-state index is 12.3. The molecule has 0 aromatic carbocycles. The molecule has 0 unspecified atom stereocenters. The van der Waals surface area contributed by atoms with Crippen molar-refractivity contribution in [2.24, 2.45) is 0 Å². The Morgan fingerprint density at radius 3 is 2.55 bits per heavy atom. The number of amides is 1. The molecule has 8 nitrogen and oxygen atoms in total. The quantitative estimate of drug-likeness (QED) is 0.785. The number of aryl methyl sites for hydroxylation is 1. The van der Waals surface area contributed by atoms with Crippen molar-refractivity contribution in [3.8, 4) is 0 Å². The lowest BCUT2D eigenvalue weighted by atomic mass is 10.3. The molecule has 0 bridgehead atoms. The zero-order valence-corrected chi connectivity index (χ0v) is 12.3. The molecule has 9 heteroatoms. The number of nitrogens with zero attached hydrogens (tertiary/aromatic N) is 3. The number of ether oxygens (including phenoxy) is 1. The highest BCUT2D eigenvalue weighted by Crippen LogP contribution is 2.15. The summed E-state index contributed by atoms with van der Waals surface area (Å²) in [5, 5.41) is 0.0895. The zero-order chi connectivity index (χ0) is 14.8. The van der Waals surface area contributed by atoms with E-state index in [9.17, 15) is 13.2 Å². The number of aromatic nitrogens is 2. The van der Waals surface area contributed by atoms with Crippen molar-refractivity contribution < 1.29 is 17.9 Å². The summed E-state index contributed by atoms with van der Waals surface area (Å²) in [6.45, 7) is 3.00. The third kappa shape index (κ3) is 3.00. The predicted octanol–water partition coefficient (Wildman–Crippen LogP) is -0.803. The molecule has 1 saturated heterocycles. The van der Waals surface area contributed by atoms with Crippen LogP contribution in [0.15, 0.2) is 11.2 Å². The number of carbonyl (C=O) groups is 1. The second kappa shape index (κ2) is 5.90. The lowest BCUT2D eigenvalue weighted by Crippen LogP contribution is -2.51. The predicted molar refractivity (Wildman–Crippen MR) is 70.5 cm³/mol. The Kier molecular flexibility index (Phi) is 4.41. The molecular formula is C11H18N4O4S. The van der Waals surface area contributed by atoms with Crippen LogP contribution in [-0.4, -0.2) is 73.4 Å². The first-order valence-electron chi connectivity index (χ1n) is 6.23. The molecule has 1 aromatic rings. The van der Waals surface area contributed by atoms with Gasteiger partial charge in [-0.3, -0.25) is 4.79 Å². The first-order valence-corrected chi connectivity index (χ1v) is 7.67. The van der Waals surface area contributed by atoms with Crippen LogP contribution < -0.4 is 0 Å². The summed E-state index contributed by atoms with van der Waals surface area (Å²) in [7, 11) is -2.10. The number of nitrogens with one attached hydrogen (secondary N) is 1. The third-order valence-electron chi connectivity index (χ3n) is 3.16. The van der Waals surface area contributed by atoms with Gasteiger partial charge in [0.15, 0.2) is 5.03 Å². The van der Waals surface area contributed by atoms with Crippen LogP contribution >= 0.6 is 0 Å². The van der Waals surface area contributed by atoms with Gasteiger partial charge in [-0.15, -0.1) is 0 Å². The molecule has 1 amide bonds. The highest BCUT2D eigenvalue weighted by molar-refractivity contribution is 7.89. The van der Waals surface area contributed by atoms with Gasteiger partial charge in [-0.1, -0.05) is 0 Å². The van der Waals surface area contributed by atoms with Gasteiger partial charge in [-0.2, -0.15) is 4.31 Å². The second-order valence-corrected chi connectivity index (χ2v) is 6.46. The number of sulfonamides is 1. The second-order valence-electron chi connectivity index (χ2n) is 4.55. The van der Waals surface area contributed by atoms with Crippen LogP contribution in [0.25, 0.3) is 0 Å². The Bertz CT molecular complexity index is 575. The number of imidazole rings is 1. The number of H-pyrrole nitrogens is 1. The lowest BCUT2D eigenvalue weighted by Gasteiger charge is -2.33. The summed E-state index contributed by atoms with van der Waals surface area (Å²) in [5.74, 6) is 0.430. The standard InChI is InChI=1S/C11H18N4O4S/c1-9-12-7-10(13-9)20(17,18)15-5-3-14(4-6-15)11(16)8-19-2/h7H,3-6,8H2,1-2H3,(H,12,13). The minimum atomic E-state index is -3.56. The summed E-state index contributed by atoms with van der Waals surface area (Å²) in [6, 6.07) is 0. The van der Waals surface area contributed by atoms with E-state index in [2.05, 4.69) is 9.97 Å². The fourth-order valence-corrected chi connectivity index (χ4v) is 3.45. The summed E-state index contributed by atoms with van der Waals surface area (Å²) in [6.07, 6.45) is 1.31. The first kappa shape index (κ1) is 14.9. The topological polar surface area (TPSA) is 95.6 Å². The minimum Gasteiger partial charge on any atom is -0.375 e. The molecule has 1 aliphatic rings. The van der Waals surface area contributed by atoms with Gasteiger partial charge in [0.25, 0.3) is 10.0 Å². The van der Waals surface area contributed by atoms with Crippen LogP contribution in [0.4, 0.5) is 0 Å². The van der Waals surface area contributed by atoms with E-state index in [1.165, 1.54) is 17.6 Å². The minimum absolute atomic E-state index is 0.0203. The van der Waals surface area contributed by atoms with E-state index >= 15 is 0 Å². The van der Waals surface area contributed by atoms with E-state index in [4.69, 9.17) is 4.74 Å². The number of aromatic amines is 1. The van der Waals surface area contributed by atoms with Gasteiger partial charge in [0.1, 0.15) is 12.4 Å². The molecule has 1 fully saturated rings. The number of rotatable bonds is 4. The van der Waals surface area contributed by atoms with Crippen LogP contribution in [0.5, 0.6) is 0 Å². The average Bonchev–Trinajstić information content (AvgIpc) is 2.86. The molecule has 1 aliphatic heterocycles. The van der Waals surface area contributed by atoms with Crippen LogP contribution in [0.2, 0.25) is 0 Å². The summed E-state index contributed by atoms with van der Waals surface area (Å²) >= 11 is 0. The van der Waals surface area contributed by atoms with Crippen molar-refractivity contribution in [1.82, 2.24) is 19.2 Å². The molecule has 0 spiro atoms. The largest absolute Gasteiger partial charge is 0.375 e. The van der Waals surface area contributed by atoms with Crippen molar-refractivity contribution >= 4 is 15.9 Å². The number of methoxy groups -OCH3 is 1. The summed E-state index contributed by atoms with van der Waals surface area (Å²) in [5.41, 5.74) is 0. The van der Waals surface area contributed by atoms with E-state index in [1.54, 1.807) is 11.8 Å². The molecule has 2 heterocycles.